The lowest BCUT2D eigenvalue weighted by molar-refractivity contribution is -0.119. The molecule has 0 saturated carbocycles. The van der Waals surface area contributed by atoms with Crippen molar-refractivity contribution in [3.8, 4) is 5.75 Å². The zero-order valence-electron chi connectivity index (χ0n) is 16.6. The Balaban J connectivity index is 1.69. The first-order valence-corrected chi connectivity index (χ1v) is 10.1. The van der Waals surface area contributed by atoms with E-state index in [9.17, 15) is 14.4 Å². The fourth-order valence-corrected chi connectivity index (χ4v) is 4.70. The first-order valence-electron chi connectivity index (χ1n) is 9.26. The smallest absolute Gasteiger partial charge is 0.341 e. The summed E-state index contributed by atoms with van der Waals surface area (Å²) in [4.78, 5) is 37.9. The largest absolute Gasteiger partial charge is 0.497 e. The van der Waals surface area contributed by atoms with Crippen molar-refractivity contribution in [3.63, 3.8) is 0 Å². The van der Waals surface area contributed by atoms with E-state index in [4.69, 9.17) is 14.2 Å². The van der Waals surface area contributed by atoms with Crippen LogP contribution >= 0.6 is 11.3 Å². The van der Waals surface area contributed by atoms with Crippen LogP contribution in [0.15, 0.2) is 24.3 Å². The Morgan fingerprint density at radius 2 is 2.00 bits per heavy atom. The number of nitrogens with one attached hydrogen (secondary N) is 1. The number of carbonyl (C=O) groups excluding carboxylic acids is 3. The van der Waals surface area contributed by atoms with E-state index in [1.807, 2.05) is 0 Å². The number of anilines is 1. The normalized spacial score (nSPS) is 15.2. The minimum Gasteiger partial charge on any atom is -0.497 e. The van der Waals surface area contributed by atoms with E-state index >= 15 is 0 Å². The van der Waals surface area contributed by atoms with Crippen LogP contribution in [0.25, 0.3) is 0 Å². The van der Waals surface area contributed by atoms with E-state index in [2.05, 4.69) is 12.2 Å². The molecule has 1 aromatic carbocycles. The number of fused-ring (bicyclic) bond motifs is 1. The number of carbonyl (C=O) groups is 3. The summed E-state index contributed by atoms with van der Waals surface area (Å²) in [6, 6.07) is 6.48. The first kappa shape index (κ1) is 20.9. The predicted octanol–water partition coefficient (Wildman–Crippen LogP) is 3.46. The molecule has 1 aromatic heterocycles. The Labute approximate surface area is 173 Å². The molecule has 8 heteroatoms. The molecule has 1 aliphatic rings. The molecule has 0 spiro atoms. The van der Waals surface area contributed by atoms with Gasteiger partial charge in [-0.25, -0.2) is 9.59 Å². The van der Waals surface area contributed by atoms with Crippen molar-refractivity contribution in [1.29, 1.82) is 0 Å². The molecular formula is C21H23NO6S. The van der Waals surface area contributed by atoms with Gasteiger partial charge in [0.25, 0.3) is 5.91 Å². The highest BCUT2D eigenvalue weighted by Crippen LogP contribution is 2.40. The maximum Gasteiger partial charge on any atom is 0.341 e. The Hall–Kier alpha value is -2.87. The van der Waals surface area contributed by atoms with Gasteiger partial charge >= 0.3 is 11.9 Å². The SMILES string of the molecule is COC(=O)c1c(NC(=O)COC(=O)c2cccc(OC)c2)sc2c1CC[C@H](C)C2. The van der Waals surface area contributed by atoms with Crippen LogP contribution in [-0.4, -0.2) is 38.7 Å². The molecule has 0 saturated heterocycles. The summed E-state index contributed by atoms with van der Waals surface area (Å²) in [5, 5.41) is 3.15. The zero-order chi connectivity index (χ0) is 21.0. The number of hydrogen-bond donors (Lipinski definition) is 1. The standard InChI is InChI=1S/C21H23NO6S/c1-12-7-8-15-16(9-12)29-19(18(15)21(25)27-3)22-17(23)11-28-20(24)13-5-4-6-14(10-13)26-2/h4-6,10,12H,7-9,11H2,1-3H3,(H,22,23)/t12-/m0/s1. The maximum atomic E-state index is 12.4. The monoisotopic (exact) mass is 417 g/mol. The topological polar surface area (TPSA) is 90.9 Å². The minimum absolute atomic E-state index is 0.285. The van der Waals surface area contributed by atoms with Gasteiger partial charge in [0.1, 0.15) is 10.8 Å². The van der Waals surface area contributed by atoms with Gasteiger partial charge in [-0.3, -0.25) is 4.79 Å². The summed E-state index contributed by atoms with van der Waals surface area (Å²) < 4.78 is 15.1. The van der Waals surface area contributed by atoms with Crippen LogP contribution in [0.2, 0.25) is 0 Å². The summed E-state index contributed by atoms with van der Waals surface area (Å²) >= 11 is 1.38. The van der Waals surface area contributed by atoms with E-state index in [-0.39, 0.29) is 5.56 Å². The molecule has 2 aromatic rings. The molecule has 0 bridgehead atoms. The van der Waals surface area contributed by atoms with Gasteiger partial charge in [0.15, 0.2) is 6.61 Å². The number of thiophene rings is 1. The van der Waals surface area contributed by atoms with Gasteiger partial charge < -0.3 is 19.5 Å². The van der Waals surface area contributed by atoms with E-state index < -0.39 is 24.5 Å². The third kappa shape index (κ3) is 4.76. The molecule has 29 heavy (non-hydrogen) atoms. The lowest BCUT2D eigenvalue weighted by Crippen LogP contribution is -2.22. The van der Waals surface area contributed by atoms with E-state index in [1.165, 1.54) is 31.6 Å². The number of hydrogen-bond acceptors (Lipinski definition) is 7. The molecule has 0 unspecified atom stereocenters. The highest BCUT2D eigenvalue weighted by molar-refractivity contribution is 7.17. The van der Waals surface area contributed by atoms with E-state index in [1.54, 1.807) is 18.2 Å². The van der Waals surface area contributed by atoms with Gasteiger partial charge in [-0.15, -0.1) is 11.3 Å². The van der Waals surface area contributed by atoms with Crippen LogP contribution in [0.5, 0.6) is 5.75 Å². The van der Waals surface area contributed by atoms with Gasteiger partial charge in [0.2, 0.25) is 0 Å². The number of methoxy groups -OCH3 is 2. The van der Waals surface area contributed by atoms with Crippen molar-refractivity contribution in [2.24, 2.45) is 5.92 Å². The molecule has 1 amide bonds. The van der Waals surface area contributed by atoms with Crippen LogP contribution in [0, 0.1) is 5.92 Å². The number of benzene rings is 1. The summed E-state index contributed by atoms with van der Waals surface area (Å²) in [5.41, 5.74) is 1.64. The first-order chi connectivity index (χ1) is 13.9. The number of esters is 2. The van der Waals surface area contributed by atoms with Crippen molar-refractivity contribution in [1.82, 2.24) is 0 Å². The van der Waals surface area contributed by atoms with Crippen LogP contribution < -0.4 is 10.1 Å². The Kier molecular flexibility index (Phi) is 6.53. The molecule has 0 aliphatic heterocycles. The highest BCUT2D eigenvalue weighted by atomic mass is 32.1. The molecule has 1 atom stereocenters. The van der Waals surface area contributed by atoms with E-state index in [0.29, 0.717) is 22.2 Å². The molecule has 7 nitrogen and oxygen atoms in total. The fourth-order valence-electron chi connectivity index (χ4n) is 3.28. The third-order valence-electron chi connectivity index (χ3n) is 4.79. The van der Waals surface area contributed by atoms with Gasteiger partial charge in [-0.2, -0.15) is 0 Å². The molecule has 3 rings (SSSR count). The zero-order valence-corrected chi connectivity index (χ0v) is 17.4. The second-order valence-electron chi connectivity index (χ2n) is 6.90. The Morgan fingerprint density at radius 3 is 2.72 bits per heavy atom. The third-order valence-corrected chi connectivity index (χ3v) is 5.96. The summed E-state index contributed by atoms with van der Waals surface area (Å²) in [7, 11) is 2.82. The lowest BCUT2D eigenvalue weighted by Gasteiger charge is -2.18. The molecular weight excluding hydrogens is 394 g/mol. The Morgan fingerprint density at radius 1 is 1.21 bits per heavy atom. The van der Waals surface area contributed by atoms with Crippen LogP contribution in [0.3, 0.4) is 0 Å². The fraction of sp³-hybridized carbons (Fsp3) is 0.381. The van der Waals surface area contributed by atoms with Gasteiger partial charge in [0.05, 0.1) is 25.3 Å². The second kappa shape index (κ2) is 9.09. The van der Waals surface area contributed by atoms with Gasteiger partial charge in [-0.05, 0) is 48.9 Å². The van der Waals surface area contributed by atoms with Gasteiger partial charge in [-0.1, -0.05) is 13.0 Å². The van der Waals surface area contributed by atoms with Crippen molar-refractivity contribution in [2.45, 2.75) is 26.2 Å². The Bertz CT molecular complexity index is 935. The number of ether oxygens (including phenoxy) is 3. The van der Waals surface area contributed by atoms with Crippen molar-refractivity contribution in [2.75, 3.05) is 26.1 Å². The summed E-state index contributed by atoms with van der Waals surface area (Å²) in [5.74, 6) is -0.575. The molecule has 154 valence electrons. The lowest BCUT2D eigenvalue weighted by atomic mass is 9.88. The van der Waals surface area contributed by atoms with Gasteiger partial charge in [0, 0.05) is 4.88 Å². The summed E-state index contributed by atoms with van der Waals surface area (Å²) in [6.07, 6.45) is 2.63. The predicted molar refractivity (Wildman–Crippen MR) is 109 cm³/mol. The number of amides is 1. The van der Waals surface area contributed by atoms with Crippen LogP contribution in [-0.2, 0) is 27.1 Å². The number of rotatable bonds is 6. The van der Waals surface area contributed by atoms with Crippen molar-refractivity contribution < 1.29 is 28.6 Å². The van der Waals surface area contributed by atoms with Crippen LogP contribution in [0.4, 0.5) is 5.00 Å². The molecule has 0 fully saturated rings. The molecule has 1 heterocycles. The molecule has 1 aliphatic carbocycles. The average Bonchev–Trinajstić information content (AvgIpc) is 3.08. The molecule has 1 N–H and O–H groups in total. The summed E-state index contributed by atoms with van der Waals surface area (Å²) in [6.45, 7) is 1.70. The molecule has 0 radical (unpaired) electrons. The minimum atomic E-state index is -0.633. The quantitative estimate of drug-likeness (QED) is 0.724. The van der Waals surface area contributed by atoms with Crippen molar-refractivity contribution >= 4 is 34.2 Å². The second-order valence-corrected chi connectivity index (χ2v) is 8.01. The van der Waals surface area contributed by atoms with Crippen LogP contribution in [0.1, 0.15) is 44.5 Å². The van der Waals surface area contributed by atoms with Crippen molar-refractivity contribution in [3.05, 3.63) is 45.8 Å². The highest BCUT2D eigenvalue weighted by Gasteiger charge is 2.29. The van der Waals surface area contributed by atoms with E-state index in [0.717, 1.165) is 29.7 Å². The average molecular weight is 417 g/mol. The maximum absolute atomic E-state index is 12.4.